The molecule has 0 aromatic heterocycles. The van der Waals surface area contributed by atoms with Crippen LogP contribution in [0.5, 0.6) is 11.5 Å². The van der Waals surface area contributed by atoms with Crippen LogP contribution < -0.4 is 9.47 Å². The Balaban J connectivity index is 2.34. The third kappa shape index (κ3) is 3.64. The van der Waals surface area contributed by atoms with Crippen LogP contribution in [0.25, 0.3) is 0 Å². The highest BCUT2D eigenvalue weighted by atomic mass is 16.7. The van der Waals surface area contributed by atoms with Crippen LogP contribution in [0.3, 0.4) is 0 Å². The first kappa shape index (κ1) is 16.9. The van der Waals surface area contributed by atoms with Crippen molar-refractivity contribution in [2.45, 2.75) is 19.8 Å². The largest absolute Gasteiger partial charge is 0.465 e. The molecule has 23 heavy (non-hydrogen) atoms. The fourth-order valence-electron chi connectivity index (χ4n) is 2.44. The molecule has 1 aromatic rings. The lowest BCUT2D eigenvalue weighted by atomic mass is 9.85. The smallest absolute Gasteiger partial charge is 0.321 e. The first-order chi connectivity index (χ1) is 11.1. The summed E-state index contributed by atoms with van der Waals surface area (Å²) in [7, 11) is 0. The van der Waals surface area contributed by atoms with Crippen molar-refractivity contribution in [2.75, 3.05) is 20.0 Å². The molecule has 1 heterocycles. The van der Waals surface area contributed by atoms with E-state index < -0.39 is 23.8 Å². The molecule has 1 aromatic carbocycles. The fourth-order valence-corrected chi connectivity index (χ4v) is 2.44. The maximum absolute atomic E-state index is 12.2. The molecule has 2 rings (SSSR count). The monoisotopic (exact) mass is 320 g/mol. The first-order valence-corrected chi connectivity index (χ1v) is 7.47. The van der Waals surface area contributed by atoms with Gasteiger partial charge in [-0.1, -0.05) is 12.1 Å². The molecule has 1 atom stereocenters. The first-order valence-electron chi connectivity index (χ1n) is 7.47. The predicted octanol–water partition coefficient (Wildman–Crippen LogP) is 2.43. The molecule has 6 nitrogen and oxygen atoms in total. The van der Waals surface area contributed by atoms with Crippen LogP contribution in [0.1, 0.15) is 25.3 Å². The molecular formula is C17H20O6. The zero-order valence-corrected chi connectivity index (χ0v) is 13.2. The van der Waals surface area contributed by atoms with Crippen molar-refractivity contribution >= 4 is 11.9 Å². The van der Waals surface area contributed by atoms with Gasteiger partial charge < -0.3 is 18.9 Å². The van der Waals surface area contributed by atoms with E-state index in [1.54, 1.807) is 32.0 Å². The van der Waals surface area contributed by atoms with E-state index in [4.69, 9.17) is 18.9 Å². The number of benzene rings is 1. The second-order valence-electron chi connectivity index (χ2n) is 4.86. The molecule has 0 saturated heterocycles. The van der Waals surface area contributed by atoms with Gasteiger partial charge in [-0.3, -0.25) is 9.59 Å². The lowest BCUT2D eigenvalue weighted by Crippen LogP contribution is -2.32. The van der Waals surface area contributed by atoms with Gasteiger partial charge >= 0.3 is 11.9 Å². The molecule has 0 spiro atoms. The number of rotatable bonds is 7. The van der Waals surface area contributed by atoms with Gasteiger partial charge in [0.15, 0.2) is 17.4 Å². The standard InChI is InChI=1S/C17H20O6/c1-4-12(11-7-8-13-14(9-11)23-10-22-13)15(16(18)20-5-2)17(19)21-6-3/h4,7-9,12,15H,1,5-6,10H2,2-3H3. The molecule has 1 aliphatic heterocycles. The summed E-state index contributed by atoms with van der Waals surface area (Å²) in [5.41, 5.74) is 0.704. The SMILES string of the molecule is C=CC(c1ccc2c(c1)OCO2)C(C(=O)OCC)C(=O)OCC. The summed E-state index contributed by atoms with van der Waals surface area (Å²) in [6.45, 7) is 7.63. The summed E-state index contributed by atoms with van der Waals surface area (Å²) in [5, 5.41) is 0. The normalized spacial score (nSPS) is 13.5. The fraction of sp³-hybridized carbons (Fsp3) is 0.412. The summed E-state index contributed by atoms with van der Waals surface area (Å²) < 4.78 is 20.7. The molecule has 6 heteroatoms. The van der Waals surface area contributed by atoms with Crippen molar-refractivity contribution in [1.82, 2.24) is 0 Å². The minimum absolute atomic E-state index is 0.150. The molecule has 0 radical (unpaired) electrons. The topological polar surface area (TPSA) is 71.1 Å². The Hall–Kier alpha value is -2.50. The van der Waals surface area contributed by atoms with Crippen molar-refractivity contribution in [3.8, 4) is 11.5 Å². The Labute approximate surface area is 135 Å². The van der Waals surface area contributed by atoms with E-state index in [2.05, 4.69) is 6.58 Å². The summed E-state index contributed by atoms with van der Waals surface area (Å²) in [4.78, 5) is 24.5. The van der Waals surface area contributed by atoms with Crippen LogP contribution in [-0.4, -0.2) is 31.9 Å². The lowest BCUT2D eigenvalue weighted by Gasteiger charge is -2.22. The zero-order valence-electron chi connectivity index (χ0n) is 13.2. The maximum atomic E-state index is 12.2. The van der Waals surface area contributed by atoms with E-state index in [1.165, 1.54) is 6.08 Å². The Bertz CT molecular complexity index is 577. The molecule has 0 saturated carbocycles. The van der Waals surface area contributed by atoms with Crippen LogP contribution in [0, 0.1) is 5.92 Å². The van der Waals surface area contributed by atoms with Crippen LogP contribution in [0.15, 0.2) is 30.9 Å². The highest BCUT2D eigenvalue weighted by molar-refractivity contribution is 5.96. The van der Waals surface area contributed by atoms with E-state index in [9.17, 15) is 9.59 Å². The molecule has 0 bridgehead atoms. The number of allylic oxidation sites excluding steroid dienone is 1. The number of esters is 2. The lowest BCUT2D eigenvalue weighted by molar-refractivity contribution is -0.162. The second-order valence-corrected chi connectivity index (χ2v) is 4.86. The molecule has 0 fully saturated rings. The zero-order chi connectivity index (χ0) is 16.8. The Morgan fingerprint density at radius 2 is 1.78 bits per heavy atom. The van der Waals surface area contributed by atoms with Crippen LogP contribution in [0.4, 0.5) is 0 Å². The molecule has 1 unspecified atom stereocenters. The van der Waals surface area contributed by atoms with Gasteiger partial charge in [-0.2, -0.15) is 0 Å². The number of ether oxygens (including phenoxy) is 4. The van der Waals surface area contributed by atoms with Gasteiger partial charge in [0.2, 0.25) is 6.79 Å². The van der Waals surface area contributed by atoms with E-state index in [-0.39, 0.29) is 20.0 Å². The van der Waals surface area contributed by atoms with E-state index in [1.807, 2.05) is 0 Å². The predicted molar refractivity (Wildman–Crippen MR) is 82.3 cm³/mol. The minimum Gasteiger partial charge on any atom is -0.465 e. The van der Waals surface area contributed by atoms with E-state index >= 15 is 0 Å². The molecule has 1 aliphatic rings. The minimum atomic E-state index is -1.10. The van der Waals surface area contributed by atoms with Crippen molar-refractivity contribution in [3.63, 3.8) is 0 Å². The summed E-state index contributed by atoms with van der Waals surface area (Å²) in [6, 6.07) is 5.24. The Kier molecular flexibility index (Phi) is 5.62. The molecule has 124 valence electrons. The van der Waals surface area contributed by atoms with Gasteiger partial charge in [-0.05, 0) is 31.5 Å². The van der Waals surface area contributed by atoms with Crippen molar-refractivity contribution in [2.24, 2.45) is 5.92 Å². The quantitative estimate of drug-likeness (QED) is 0.436. The van der Waals surface area contributed by atoms with Gasteiger partial charge in [-0.15, -0.1) is 6.58 Å². The van der Waals surface area contributed by atoms with Gasteiger partial charge in [-0.25, -0.2) is 0 Å². The average Bonchev–Trinajstić information content (AvgIpc) is 3.00. The van der Waals surface area contributed by atoms with Crippen LogP contribution in [0.2, 0.25) is 0 Å². The highest BCUT2D eigenvalue weighted by Gasteiger charge is 2.37. The Morgan fingerprint density at radius 1 is 1.17 bits per heavy atom. The number of carbonyl (C=O) groups is 2. The number of fused-ring (bicyclic) bond motifs is 1. The molecular weight excluding hydrogens is 300 g/mol. The summed E-state index contributed by atoms with van der Waals surface area (Å²) in [5.74, 6) is -1.75. The van der Waals surface area contributed by atoms with Gasteiger partial charge in [0.05, 0.1) is 13.2 Å². The number of hydrogen-bond donors (Lipinski definition) is 0. The van der Waals surface area contributed by atoms with Gasteiger partial charge in [0.1, 0.15) is 0 Å². The molecule has 0 aliphatic carbocycles. The Morgan fingerprint density at radius 3 is 2.35 bits per heavy atom. The van der Waals surface area contributed by atoms with E-state index in [0.29, 0.717) is 17.1 Å². The van der Waals surface area contributed by atoms with Crippen LogP contribution in [-0.2, 0) is 19.1 Å². The van der Waals surface area contributed by atoms with Crippen molar-refractivity contribution < 1.29 is 28.5 Å². The van der Waals surface area contributed by atoms with E-state index in [0.717, 1.165) is 0 Å². The third-order valence-electron chi connectivity index (χ3n) is 3.48. The third-order valence-corrected chi connectivity index (χ3v) is 3.48. The molecule has 0 N–H and O–H groups in total. The van der Waals surface area contributed by atoms with Crippen molar-refractivity contribution in [3.05, 3.63) is 36.4 Å². The highest BCUT2D eigenvalue weighted by Crippen LogP contribution is 2.37. The second kappa shape index (κ2) is 7.67. The van der Waals surface area contributed by atoms with Crippen LogP contribution >= 0.6 is 0 Å². The van der Waals surface area contributed by atoms with Gasteiger partial charge in [0, 0.05) is 5.92 Å². The number of hydrogen-bond acceptors (Lipinski definition) is 6. The van der Waals surface area contributed by atoms with Crippen molar-refractivity contribution in [1.29, 1.82) is 0 Å². The summed E-state index contributed by atoms with van der Waals surface area (Å²) >= 11 is 0. The summed E-state index contributed by atoms with van der Waals surface area (Å²) in [6.07, 6.45) is 1.54. The number of carbonyl (C=O) groups excluding carboxylic acids is 2. The maximum Gasteiger partial charge on any atom is 0.321 e. The van der Waals surface area contributed by atoms with Gasteiger partial charge in [0.25, 0.3) is 0 Å². The average molecular weight is 320 g/mol. The molecule has 0 amide bonds.